The van der Waals surface area contributed by atoms with Crippen molar-refractivity contribution in [1.82, 2.24) is 9.97 Å². The number of nitrogens with zero attached hydrogens (tertiary/aromatic N) is 3. The molecule has 0 saturated carbocycles. The summed E-state index contributed by atoms with van der Waals surface area (Å²) in [6.07, 6.45) is 3.24. The molecular weight excluding hydrogens is 240 g/mol. The van der Waals surface area contributed by atoms with Crippen LogP contribution in [0.1, 0.15) is 12.7 Å². The van der Waals surface area contributed by atoms with Crippen LogP contribution >= 0.6 is 11.8 Å². The summed E-state index contributed by atoms with van der Waals surface area (Å²) in [6, 6.07) is 1.71. The molecule has 0 radical (unpaired) electrons. The maximum Gasteiger partial charge on any atom is 0.248 e. The molecule has 1 aromatic rings. The number of ether oxygens (including phenoxy) is 1. The molecule has 90 valence electrons. The Morgan fingerprint density at radius 2 is 2.18 bits per heavy atom. The van der Waals surface area contributed by atoms with Gasteiger partial charge in [0.25, 0.3) is 0 Å². The number of aliphatic imine (C=N–C) groups is 1. The van der Waals surface area contributed by atoms with Gasteiger partial charge in [-0.15, -0.1) is 0 Å². The minimum atomic E-state index is -1.08. The number of hydrogen-bond acceptors (Lipinski definition) is 6. The van der Waals surface area contributed by atoms with Crippen molar-refractivity contribution in [3.05, 3.63) is 24.3 Å². The number of thioether (sulfide) groups is 1. The van der Waals surface area contributed by atoms with E-state index < -0.39 is 16.9 Å². The van der Waals surface area contributed by atoms with E-state index in [1.54, 1.807) is 25.4 Å². The number of primary amides is 1. The number of nitrogens with two attached hydrogens (primary N) is 1. The zero-order chi connectivity index (χ0) is 12.5. The van der Waals surface area contributed by atoms with Crippen LogP contribution in [0, 0.1) is 0 Å². The van der Waals surface area contributed by atoms with Gasteiger partial charge < -0.3 is 10.5 Å². The number of amides is 1. The normalized spacial score (nSPS) is 27.9. The average molecular weight is 252 g/mol. The molecule has 7 heteroatoms. The van der Waals surface area contributed by atoms with Crippen LogP contribution < -0.4 is 5.73 Å². The molecule has 2 N–H and O–H groups in total. The van der Waals surface area contributed by atoms with E-state index in [1.165, 1.54) is 18.9 Å². The van der Waals surface area contributed by atoms with E-state index in [2.05, 4.69) is 15.0 Å². The van der Waals surface area contributed by atoms with Crippen LogP contribution in [0.3, 0.4) is 0 Å². The van der Waals surface area contributed by atoms with E-state index in [0.717, 1.165) is 0 Å². The third-order valence-electron chi connectivity index (χ3n) is 2.48. The molecule has 1 amide bonds. The highest BCUT2D eigenvalue weighted by Gasteiger charge is 2.47. The highest BCUT2D eigenvalue weighted by atomic mass is 32.2. The number of hydrogen-bond donors (Lipinski definition) is 1. The molecule has 1 unspecified atom stereocenters. The van der Waals surface area contributed by atoms with Crippen molar-refractivity contribution in [2.45, 2.75) is 17.9 Å². The second-order valence-corrected chi connectivity index (χ2v) is 4.74. The number of carbonyl (C=O) groups excluding carboxylic acids is 1. The van der Waals surface area contributed by atoms with E-state index in [9.17, 15) is 4.79 Å². The van der Waals surface area contributed by atoms with Crippen molar-refractivity contribution in [2.24, 2.45) is 10.7 Å². The number of carbonyl (C=O) groups is 1. The second-order valence-electron chi connectivity index (χ2n) is 3.69. The van der Waals surface area contributed by atoms with Crippen molar-refractivity contribution in [3.63, 3.8) is 0 Å². The summed E-state index contributed by atoms with van der Waals surface area (Å²) in [7, 11) is 1.52. The zero-order valence-electron chi connectivity index (χ0n) is 9.45. The van der Waals surface area contributed by atoms with Gasteiger partial charge in [0.2, 0.25) is 5.91 Å². The number of aromatic nitrogens is 2. The molecule has 0 fully saturated rings. The van der Waals surface area contributed by atoms with E-state index >= 15 is 0 Å². The Morgan fingerprint density at radius 3 is 2.65 bits per heavy atom. The summed E-state index contributed by atoms with van der Waals surface area (Å²) < 4.78 is 5.23. The number of rotatable bonds is 3. The van der Waals surface area contributed by atoms with Gasteiger partial charge in [0.15, 0.2) is 11.4 Å². The fraction of sp³-hybridized carbons (Fsp3) is 0.400. The van der Waals surface area contributed by atoms with Gasteiger partial charge in [-0.25, -0.2) is 9.97 Å². The van der Waals surface area contributed by atoms with Crippen LogP contribution in [-0.2, 0) is 9.53 Å². The summed E-state index contributed by atoms with van der Waals surface area (Å²) in [5.41, 5.74) is 3.84. The summed E-state index contributed by atoms with van der Waals surface area (Å²) >= 11 is 1.30. The molecule has 0 aromatic carbocycles. The highest BCUT2D eigenvalue weighted by molar-refractivity contribution is 8.15. The van der Waals surface area contributed by atoms with Gasteiger partial charge in [-0.3, -0.25) is 9.79 Å². The first-order chi connectivity index (χ1) is 8.08. The van der Waals surface area contributed by atoms with Crippen molar-refractivity contribution in [2.75, 3.05) is 7.11 Å². The third kappa shape index (κ3) is 2.03. The van der Waals surface area contributed by atoms with E-state index in [1.807, 2.05) is 0 Å². The maximum atomic E-state index is 11.5. The van der Waals surface area contributed by atoms with Crippen LogP contribution in [-0.4, -0.2) is 39.0 Å². The summed E-state index contributed by atoms with van der Waals surface area (Å²) in [6.45, 7) is 1.65. The monoisotopic (exact) mass is 252 g/mol. The predicted molar refractivity (Wildman–Crippen MR) is 64.6 cm³/mol. The number of methoxy groups -OCH3 is 1. The van der Waals surface area contributed by atoms with Crippen LogP contribution in [0.15, 0.2) is 23.5 Å². The van der Waals surface area contributed by atoms with Gasteiger partial charge in [-0.2, -0.15) is 0 Å². The quantitative estimate of drug-likeness (QED) is 0.829. The molecule has 6 nitrogen and oxygen atoms in total. The highest BCUT2D eigenvalue weighted by Crippen LogP contribution is 2.37. The van der Waals surface area contributed by atoms with Gasteiger partial charge in [0, 0.05) is 19.5 Å². The lowest BCUT2D eigenvalue weighted by molar-refractivity contribution is -0.124. The van der Waals surface area contributed by atoms with Gasteiger partial charge in [-0.1, -0.05) is 11.8 Å². The minimum Gasteiger partial charge on any atom is -0.367 e. The van der Waals surface area contributed by atoms with Crippen molar-refractivity contribution in [1.29, 1.82) is 0 Å². The lowest BCUT2D eigenvalue weighted by Crippen LogP contribution is -2.46. The first-order valence-corrected chi connectivity index (χ1v) is 5.82. The van der Waals surface area contributed by atoms with Gasteiger partial charge in [0.1, 0.15) is 10.5 Å². The fourth-order valence-electron chi connectivity index (χ4n) is 1.47. The SMILES string of the molecule is COC1SC(c2ncccn2)=N[C@]1(C)C(N)=O. The van der Waals surface area contributed by atoms with Crippen LogP contribution in [0.25, 0.3) is 0 Å². The molecule has 1 aliphatic heterocycles. The Kier molecular flexibility index (Phi) is 3.12. The smallest absolute Gasteiger partial charge is 0.248 e. The Hall–Kier alpha value is -1.47. The Morgan fingerprint density at radius 1 is 1.53 bits per heavy atom. The third-order valence-corrected chi connectivity index (χ3v) is 3.84. The van der Waals surface area contributed by atoms with Crippen LogP contribution in [0.5, 0.6) is 0 Å². The lowest BCUT2D eigenvalue weighted by atomic mass is 10.0. The van der Waals surface area contributed by atoms with E-state index in [-0.39, 0.29) is 0 Å². The molecule has 2 heterocycles. The standard InChI is InChI=1S/C10H12N4O2S/c1-10(8(11)15)9(16-2)17-7(14-10)6-12-4-3-5-13-6/h3-5,9H,1-2H3,(H2,11,15)/t9?,10-/m1/s1. The molecule has 2 atom stereocenters. The molecule has 0 saturated heterocycles. The fourth-order valence-corrected chi connectivity index (χ4v) is 2.62. The molecule has 1 aromatic heterocycles. The first-order valence-electron chi connectivity index (χ1n) is 4.94. The topological polar surface area (TPSA) is 90.5 Å². The zero-order valence-corrected chi connectivity index (χ0v) is 10.3. The van der Waals surface area contributed by atoms with Crippen LogP contribution in [0.4, 0.5) is 0 Å². The molecule has 0 spiro atoms. The van der Waals surface area contributed by atoms with Gasteiger partial charge in [-0.05, 0) is 13.0 Å². The molecular formula is C10H12N4O2S. The first kappa shape index (κ1) is 12.0. The predicted octanol–water partition coefficient (Wildman–Crippen LogP) is 0.186. The van der Waals surface area contributed by atoms with Gasteiger partial charge in [0.05, 0.1) is 0 Å². The van der Waals surface area contributed by atoms with Crippen LogP contribution in [0.2, 0.25) is 0 Å². The molecule has 0 bridgehead atoms. The Bertz CT molecular complexity index is 465. The molecule has 17 heavy (non-hydrogen) atoms. The molecule has 0 aliphatic carbocycles. The average Bonchev–Trinajstić information content (AvgIpc) is 2.69. The lowest BCUT2D eigenvalue weighted by Gasteiger charge is -2.22. The molecule has 2 rings (SSSR count). The minimum absolute atomic E-state index is 0.446. The van der Waals surface area contributed by atoms with Crippen molar-refractivity contribution < 1.29 is 9.53 Å². The Balaban J connectivity index is 2.37. The second kappa shape index (κ2) is 4.42. The van der Waals surface area contributed by atoms with Crippen molar-refractivity contribution >= 4 is 22.7 Å². The molecule has 1 aliphatic rings. The maximum absolute atomic E-state index is 11.5. The summed E-state index contributed by atoms with van der Waals surface area (Å²) in [5.74, 6) is -0.0488. The van der Waals surface area contributed by atoms with E-state index in [4.69, 9.17) is 10.5 Å². The Labute approximate surface area is 103 Å². The van der Waals surface area contributed by atoms with E-state index in [0.29, 0.717) is 10.9 Å². The summed E-state index contributed by atoms with van der Waals surface area (Å²) in [5, 5.41) is 0.568. The largest absolute Gasteiger partial charge is 0.367 e. The summed E-state index contributed by atoms with van der Waals surface area (Å²) in [4.78, 5) is 23.9. The van der Waals surface area contributed by atoms with Crippen molar-refractivity contribution in [3.8, 4) is 0 Å². The van der Waals surface area contributed by atoms with Gasteiger partial charge >= 0.3 is 0 Å².